The number of hydrogen-bond donors (Lipinski definition) is 2. The van der Waals surface area contributed by atoms with Crippen LogP contribution in [0, 0.1) is 5.82 Å². The van der Waals surface area contributed by atoms with E-state index in [9.17, 15) is 14.0 Å². The van der Waals surface area contributed by atoms with Gasteiger partial charge in [0.1, 0.15) is 5.82 Å². The van der Waals surface area contributed by atoms with Crippen molar-refractivity contribution in [2.24, 2.45) is 7.05 Å². The Kier molecular flexibility index (Phi) is 5.06. The molecule has 0 aliphatic heterocycles. The van der Waals surface area contributed by atoms with Gasteiger partial charge >= 0.3 is 11.7 Å². The average molecular weight is 335 g/mol. The monoisotopic (exact) mass is 335 g/mol. The van der Waals surface area contributed by atoms with Crippen molar-refractivity contribution in [2.45, 2.75) is 32.9 Å². The van der Waals surface area contributed by atoms with Crippen LogP contribution in [0.3, 0.4) is 0 Å². The van der Waals surface area contributed by atoms with Gasteiger partial charge in [0.05, 0.1) is 6.54 Å². The van der Waals surface area contributed by atoms with Crippen LogP contribution < -0.4 is 16.3 Å². The highest BCUT2D eigenvalue weighted by Crippen LogP contribution is 2.15. The van der Waals surface area contributed by atoms with Crippen molar-refractivity contribution in [3.05, 3.63) is 40.6 Å². The van der Waals surface area contributed by atoms with Gasteiger partial charge in [-0.15, -0.1) is 5.10 Å². The second-order valence-corrected chi connectivity index (χ2v) is 6.53. The van der Waals surface area contributed by atoms with Crippen LogP contribution in [0.4, 0.5) is 9.18 Å². The summed E-state index contributed by atoms with van der Waals surface area (Å²) >= 11 is 0. The van der Waals surface area contributed by atoms with Crippen molar-refractivity contribution in [3.63, 3.8) is 0 Å². The minimum absolute atomic E-state index is 0.241. The maximum atomic E-state index is 13.0. The number of carbonyl (C=O) groups excluding carboxylic acids is 1. The number of aromatic nitrogens is 3. The van der Waals surface area contributed by atoms with E-state index in [2.05, 4.69) is 15.7 Å². The second kappa shape index (κ2) is 6.86. The number of hydrogen-bond acceptors (Lipinski definition) is 3. The number of rotatable bonds is 4. The van der Waals surface area contributed by atoms with Gasteiger partial charge in [-0.05, 0) is 45.0 Å². The molecule has 0 saturated carbocycles. The third-order valence-corrected chi connectivity index (χ3v) is 3.24. The zero-order chi connectivity index (χ0) is 17.9. The quantitative estimate of drug-likeness (QED) is 0.888. The topological polar surface area (TPSA) is 81.0 Å². The zero-order valence-corrected chi connectivity index (χ0v) is 14.3. The van der Waals surface area contributed by atoms with Gasteiger partial charge in [0.2, 0.25) is 0 Å². The summed E-state index contributed by atoms with van der Waals surface area (Å²) in [5, 5.41) is 9.71. The number of benzene rings is 1. The van der Waals surface area contributed by atoms with Crippen molar-refractivity contribution in [3.8, 4) is 11.4 Å². The van der Waals surface area contributed by atoms with Crippen LogP contribution in [0.5, 0.6) is 0 Å². The van der Waals surface area contributed by atoms with Gasteiger partial charge in [0.15, 0.2) is 5.82 Å². The van der Waals surface area contributed by atoms with Gasteiger partial charge in [-0.3, -0.25) is 4.57 Å². The van der Waals surface area contributed by atoms with E-state index in [0.717, 1.165) is 0 Å². The standard InChI is InChI=1S/C16H22FN5O2/c1-16(2,3)19-14(23)18-9-10-22-15(24)21(4)13(20-22)11-5-7-12(17)8-6-11/h5-8H,9-10H2,1-4H3,(H2,18,19,23). The average Bonchev–Trinajstić information content (AvgIpc) is 2.75. The number of carbonyl (C=O) groups is 1. The molecule has 8 heteroatoms. The fraction of sp³-hybridized carbons (Fsp3) is 0.438. The van der Waals surface area contributed by atoms with E-state index in [0.29, 0.717) is 11.4 Å². The highest BCUT2D eigenvalue weighted by molar-refractivity contribution is 5.74. The van der Waals surface area contributed by atoms with E-state index in [-0.39, 0.29) is 36.2 Å². The Morgan fingerprint density at radius 2 is 1.88 bits per heavy atom. The lowest BCUT2D eigenvalue weighted by Crippen LogP contribution is -2.47. The molecular formula is C16H22FN5O2. The highest BCUT2D eigenvalue weighted by atomic mass is 19.1. The normalized spacial score (nSPS) is 11.4. The predicted molar refractivity (Wildman–Crippen MR) is 89.1 cm³/mol. The number of nitrogens with one attached hydrogen (secondary N) is 2. The van der Waals surface area contributed by atoms with Gasteiger partial charge in [0.25, 0.3) is 0 Å². The molecule has 24 heavy (non-hydrogen) atoms. The number of nitrogens with zero attached hydrogens (tertiary/aromatic N) is 3. The summed E-state index contributed by atoms with van der Waals surface area (Å²) in [7, 11) is 1.60. The Morgan fingerprint density at radius 3 is 2.46 bits per heavy atom. The molecule has 0 fully saturated rings. The molecule has 0 spiro atoms. The molecular weight excluding hydrogens is 313 g/mol. The Bertz CT molecular complexity index is 771. The largest absolute Gasteiger partial charge is 0.345 e. The molecule has 0 aliphatic carbocycles. The van der Waals surface area contributed by atoms with E-state index in [1.165, 1.54) is 21.4 Å². The van der Waals surface area contributed by atoms with E-state index in [1.807, 2.05) is 20.8 Å². The van der Waals surface area contributed by atoms with Gasteiger partial charge in [-0.25, -0.2) is 18.7 Å². The summed E-state index contributed by atoms with van der Waals surface area (Å²) in [6.45, 7) is 6.15. The lowest BCUT2D eigenvalue weighted by Gasteiger charge is -2.20. The molecule has 2 aromatic rings. The lowest BCUT2D eigenvalue weighted by atomic mass is 10.1. The molecule has 0 unspecified atom stereocenters. The van der Waals surface area contributed by atoms with Crippen molar-refractivity contribution >= 4 is 6.03 Å². The summed E-state index contributed by atoms with van der Waals surface area (Å²) < 4.78 is 15.7. The molecule has 1 aromatic carbocycles. The number of urea groups is 1. The van der Waals surface area contributed by atoms with Gasteiger partial charge < -0.3 is 10.6 Å². The molecule has 0 aliphatic rings. The van der Waals surface area contributed by atoms with E-state index in [1.54, 1.807) is 19.2 Å². The van der Waals surface area contributed by atoms with Gasteiger partial charge in [-0.2, -0.15) is 0 Å². The molecule has 2 amide bonds. The summed E-state index contributed by atoms with van der Waals surface area (Å²) in [5.74, 6) is 0.0939. The summed E-state index contributed by atoms with van der Waals surface area (Å²) in [5.41, 5.74) is 0.0160. The minimum Gasteiger partial charge on any atom is -0.336 e. The summed E-state index contributed by atoms with van der Waals surface area (Å²) in [4.78, 5) is 23.9. The number of amides is 2. The Labute approximate surface area is 139 Å². The SMILES string of the molecule is Cn1c(-c2ccc(F)cc2)nn(CCNC(=O)NC(C)(C)C)c1=O. The summed E-state index contributed by atoms with van der Waals surface area (Å²) in [6.07, 6.45) is 0. The Hall–Kier alpha value is -2.64. The molecule has 7 nitrogen and oxygen atoms in total. The molecule has 2 N–H and O–H groups in total. The maximum Gasteiger partial charge on any atom is 0.345 e. The van der Waals surface area contributed by atoms with Crippen LogP contribution in [0.15, 0.2) is 29.1 Å². The second-order valence-electron chi connectivity index (χ2n) is 6.53. The lowest BCUT2D eigenvalue weighted by molar-refractivity contribution is 0.231. The predicted octanol–water partition coefficient (Wildman–Crippen LogP) is 1.49. The maximum absolute atomic E-state index is 13.0. The first kappa shape index (κ1) is 17.7. The Balaban J connectivity index is 2.05. The van der Waals surface area contributed by atoms with Crippen LogP contribution in [0.25, 0.3) is 11.4 Å². The molecule has 0 atom stereocenters. The van der Waals surface area contributed by atoms with Crippen LogP contribution in [-0.4, -0.2) is 32.5 Å². The highest BCUT2D eigenvalue weighted by Gasteiger charge is 2.14. The minimum atomic E-state index is -0.350. The van der Waals surface area contributed by atoms with E-state index >= 15 is 0 Å². The van der Waals surface area contributed by atoms with Crippen LogP contribution in [-0.2, 0) is 13.6 Å². The van der Waals surface area contributed by atoms with Crippen LogP contribution in [0.2, 0.25) is 0 Å². The molecule has 0 saturated heterocycles. The van der Waals surface area contributed by atoms with Crippen molar-refractivity contribution < 1.29 is 9.18 Å². The van der Waals surface area contributed by atoms with Crippen LogP contribution in [0.1, 0.15) is 20.8 Å². The fourth-order valence-corrected chi connectivity index (χ4v) is 2.14. The van der Waals surface area contributed by atoms with Crippen molar-refractivity contribution in [1.82, 2.24) is 25.0 Å². The molecule has 0 radical (unpaired) electrons. The van der Waals surface area contributed by atoms with Crippen molar-refractivity contribution in [2.75, 3.05) is 6.54 Å². The first-order chi connectivity index (χ1) is 11.2. The molecule has 2 rings (SSSR count). The van der Waals surface area contributed by atoms with Crippen LogP contribution >= 0.6 is 0 Å². The first-order valence-electron chi connectivity index (χ1n) is 7.63. The molecule has 1 heterocycles. The van der Waals surface area contributed by atoms with Crippen molar-refractivity contribution in [1.29, 1.82) is 0 Å². The number of halogens is 1. The van der Waals surface area contributed by atoms with E-state index in [4.69, 9.17) is 0 Å². The third kappa shape index (κ3) is 4.43. The Morgan fingerprint density at radius 1 is 1.25 bits per heavy atom. The molecule has 1 aromatic heterocycles. The first-order valence-corrected chi connectivity index (χ1v) is 7.63. The fourth-order valence-electron chi connectivity index (χ4n) is 2.14. The summed E-state index contributed by atoms with van der Waals surface area (Å²) in [6, 6.07) is 5.46. The van der Waals surface area contributed by atoms with Gasteiger partial charge in [-0.1, -0.05) is 0 Å². The smallest absolute Gasteiger partial charge is 0.336 e. The zero-order valence-electron chi connectivity index (χ0n) is 14.3. The van der Waals surface area contributed by atoms with E-state index < -0.39 is 0 Å². The molecule has 130 valence electrons. The third-order valence-electron chi connectivity index (χ3n) is 3.24. The van der Waals surface area contributed by atoms with Gasteiger partial charge in [0, 0.05) is 24.7 Å². The molecule has 0 bridgehead atoms.